The maximum Gasteiger partial charge on any atom is 0.419 e. The van der Waals surface area contributed by atoms with E-state index in [9.17, 15) is 17.6 Å². The number of halogens is 5. The summed E-state index contributed by atoms with van der Waals surface area (Å²) in [4.78, 5) is 7.98. The Kier molecular flexibility index (Phi) is 7.74. The van der Waals surface area contributed by atoms with E-state index in [-0.39, 0.29) is 47.7 Å². The lowest BCUT2D eigenvalue weighted by Crippen LogP contribution is -2.16. The number of hydrogen-bond donors (Lipinski definition) is 5. The van der Waals surface area contributed by atoms with Gasteiger partial charge in [-0.25, -0.2) is 9.37 Å². The molecule has 0 bridgehead atoms. The lowest BCUT2D eigenvalue weighted by Gasteiger charge is -2.15. The maximum absolute atomic E-state index is 13.7. The number of nitrogens with one attached hydrogen (secondary N) is 4. The van der Waals surface area contributed by atoms with Gasteiger partial charge in [-0.05, 0) is 11.6 Å². The van der Waals surface area contributed by atoms with Gasteiger partial charge in [0.25, 0.3) is 0 Å². The van der Waals surface area contributed by atoms with Crippen molar-refractivity contribution in [3.8, 4) is 0 Å². The number of aliphatic hydroxyl groups is 1. The lowest BCUT2D eigenvalue weighted by atomic mass is 10.1. The highest BCUT2D eigenvalue weighted by Gasteiger charge is 2.36. The Morgan fingerprint density at radius 1 is 1.31 bits per heavy atom. The molecule has 12 heteroatoms. The van der Waals surface area contributed by atoms with Gasteiger partial charge in [0.05, 0.1) is 24.1 Å². The molecule has 0 fully saturated rings. The monoisotopic (exact) mass is 432 g/mol. The van der Waals surface area contributed by atoms with Crippen LogP contribution in [0.3, 0.4) is 0 Å². The highest BCUT2D eigenvalue weighted by molar-refractivity contribution is 6.32. The standard InChI is InChI=1S/C17H17ClF4N6O/c18-12-9-26-16(27-11(6-23)8-24-4-5-29)28-15(12)25-7-10-2-1-3-13(19)14(10)17(20,21)22/h1-3,6,8-9,23-24,29H,4-5,7H2,(H2,25,26,27,28)/b11-8+,23-6?. The summed E-state index contributed by atoms with van der Waals surface area (Å²) in [5, 5.41) is 24.2. The van der Waals surface area contributed by atoms with Crippen LogP contribution in [0.1, 0.15) is 11.1 Å². The number of rotatable bonds is 9. The fourth-order valence-corrected chi connectivity index (χ4v) is 2.41. The predicted octanol–water partition coefficient (Wildman–Crippen LogP) is 3.38. The second kappa shape index (κ2) is 10.0. The van der Waals surface area contributed by atoms with Crippen LogP contribution in [-0.4, -0.2) is 34.4 Å². The van der Waals surface area contributed by atoms with Gasteiger partial charge in [0.1, 0.15) is 10.8 Å². The third kappa shape index (κ3) is 6.29. The SMILES string of the molecule is N=C/C(=C\NCCO)Nc1ncc(Cl)c(NCc2cccc(F)c2C(F)(F)F)n1. The fraction of sp³-hybridized carbons (Fsp3) is 0.235. The Bertz CT molecular complexity index is 891. The second-order valence-electron chi connectivity index (χ2n) is 5.56. The minimum atomic E-state index is -4.85. The molecule has 1 aromatic carbocycles. The molecule has 0 aliphatic rings. The van der Waals surface area contributed by atoms with E-state index in [1.165, 1.54) is 18.5 Å². The Hall–Kier alpha value is -2.92. The van der Waals surface area contributed by atoms with Crippen LogP contribution in [0.5, 0.6) is 0 Å². The van der Waals surface area contributed by atoms with Gasteiger partial charge >= 0.3 is 6.18 Å². The van der Waals surface area contributed by atoms with Gasteiger partial charge in [0.15, 0.2) is 5.82 Å². The van der Waals surface area contributed by atoms with E-state index in [0.29, 0.717) is 0 Å². The summed E-state index contributed by atoms with van der Waals surface area (Å²) in [5.41, 5.74) is -1.41. The van der Waals surface area contributed by atoms with E-state index in [4.69, 9.17) is 22.1 Å². The molecule has 2 rings (SSSR count). The van der Waals surface area contributed by atoms with Crippen molar-refractivity contribution in [3.63, 3.8) is 0 Å². The zero-order valence-corrected chi connectivity index (χ0v) is 15.6. The van der Waals surface area contributed by atoms with Crippen LogP contribution in [0.25, 0.3) is 0 Å². The molecule has 0 unspecified atom stereocenters. The molecular weight excluding hydrogens is 416 g/mol. The molecule has 7 nitrogen and oxygen atoms in total. The van der Waals surface area contributed by atoms with Gasteiger partial charge < -0.3 is 26.5 Å². The summed E-state index contributed by atoms with van der Waals surface area (Å²) in [6.45, 7) is -0.218. The Labute approximate surface area is 168 Å². The van der Waals surface area contributed by atoms with E-state index < -0.39 is 17.6 Å². The molecule has 0 aliphatic carbocycles. The van der Waals surface area contributed by atoms with Crippen molar-refractivity contribution < 1.29 is 22.7 Å². The normalized spacial score (nSPS) is 11.9. The summed E-state index contributed by atoms with van der Waals surface area (Å²) in [5.74, 6) is -1.33. The van der Waals surface area contributed by atoms with Crippen LogP contribution < -0.4 is 16.0 Å². The van der Waals surface area contributed by atoms with Crippen LogP contribution in [0.15, 0.2) is 36.3 Å². The van der Waals surface area contributed by atoms with Crippen molar-refractivity contribution in [2.24, 2.45) is 0 Å². The third-order valence-electron chi connectivity index (χ3n) is 3.50. The lowest BCUT2D eigenvalue weighted by molar-refractivity contribution is -0.140. The maximum atomic E-state index is 13.7. The largest absolute Gasteiger partial charge is 0.419 e. The van der Waals surface area contributed by atoms with Gasteiger partial charge in [0, 0.05) is 25.5 Å². The van der Waals surface area contributed by atoms with Gasteiger partial charge in [-0.2, -0.15) is 18.2 Å². The molecular formula is C17H17ClF4N6O. The molecule has 0 aliphatic heterocycles. The molecule has 0 atom stereocenters. The van der Waals surface area contributed by atoms with Crippen LogP contribution in [0.2, 0.25) is 5.02 Å². The summed E-state index contributed by atoms with van der Waals surface area (Å²) in [7, 11) is 0. The minimum absolute atomic E-state index is 0.0211. The van der Waals surface area contributed by atoms with Crippen molar-refractivity contribution in [2.45, 2.75) is 12.7 Å². The van der Waals surface area contributed by atoms with Crippen molar-refractivity contribution in [1.29, 1.82) is 5.41 Å². The van der Waals surface area contributed by atoms with Crippen molar-refractivity contribution in [3.05, 3.63) is 58.3 Å². The number of aliphatic hydroxyl groups excluding tert-OH is 1. The molecule has 1 heterocycles. The van der Waals surface area contributed by atoms with Gasteiger partial charge in [-0.15, -0.1) is 0 Å². The first-order valence-electron chi connectivity index (χ1n) is 8.19. The van der Waals surface area contributed by atoms with Crippen LogP contribution in [-0.2, 0) is 12.7 Å². The topological polar surface area (TPSA) is 106 Å². The van der Waals surface area contributed by atoms with Crippen molar-refractivity contribution in [1.82, 2.24) is 15.3 Å². The van der Waals surface area contributed by atoms with Gasteiger partial charge in [-0.1, -0.05) is 23.7 Å². The number of alkyl halides is 3. The molecule has 0 radical (unpaired) electrons. The number of allylic oxidation sites excluding steroid dienone is 1. The molecule has 5 N–H and O–H groups in total. The molecule has 29 heavy (non-hydrogen) atoms. The summed E-state index contributed by atoms with van der Waals surface area (Å²) < 4.78 is 53.0. The molecule has 0 spiro atoms. The number of aromatic nitrogens is 2. The summed E-state index contributed by atoms with van der Waals surface area (Å²) >= 11 is 5.99. The zero-order chi connectivity index (χ0) is 21.4. The number of anilines is 2. The molecule has 1 aromatic heterocycles. The third-order valence-corrected chi connectivity index (χ3v) is 3.78. The number of nitrogens with zero attached hydrogens (tertiary/aromatic N) is 2. The molecule has 0 saturated heterocycles. The van der Waals surface area contributed by atoms with E-state index in [0.717, 1.165) is 18.3 Å². The molecule has 2 aromatic rings. The Morgan fingerprint density at radius 2 is 2.07 bits per heavy atom. The van der Waals surface area contributed by atoms with Gasteiger partial charge in [-0.3, -0.25) is 0 Å². The molecule has 0 saturated carbocycles. The Morgan fingerprint density at radius 3 is 2.72 bits per heavy atom. The van der Waals surface area contributed by atoms with E-state index >= 15 is 0 Å². The fourth-order valence-electron chi connectivity index (χ4n) is 2.25. The minimum Gasteiger partial charge on any atom is -0.395 e. The van der Waals surface area contributed by atoms with E-state index in [1.54, 1.807) is 0 Å². The first kappa shape index (κ1) is 22.4. The average Bonchev–Trinajstić information content (AvgIpc) is 2.66. The molecule has 0 amide bonds. The van der Waals surface area contributed by atoms with Crippen LogP contribution >= 0.6 is 11.6 Å². The number of hydrogen-bond acceptors (Lipinski definition) is 7. The van der Waals surface area contributed by atoms with Crippen LogP contribution in [0.4, 0.5) is 29.3 Å². The number of benzene rings is 1. The van der Waals surface area contributed by atoms with Gasteiger partial charge in [0.2, 0.25) is 5.95 Å². The highest BCUT2D eigenvalue weighted by atomic mass is 35.5. The smallest absolute Gasteiger partial charge is 0.395 e. The predicted molar refractivity (Wildman–Crippen MR) is 101 cm³/mol. The average molecular weight is 433 g/mol. The second-order valence-corrected chi connectivity index (χ2v) is 5.97. The van der Waals surface area contributed by atoms with E-state index in [2.05, 4.69) is 25.9 Å². The first-order valence-corrected chi connectivity index (χ1v) is 8.57. The first-order chi connectivity index (χ1) is 13.8. The molecule has 156 valence electrons. The van der Waals surface area contributed by atoms with Crippen molar-refractivity contribution in [2.75, 3.05) is 23.8 Å². The zero-order valence-electron chi connectivity index (χ0n) is 14.8. The van der Waals surface area contributed by atoms with Crippen LogP contribution in [0, 0.1) is 11.2 Å². The van der Waals surface area contributed by atoms with E-state index in [1.807, 2.05) is 0 Å². The Balaban J connectivity index is 2.19. The summed E-state index contributed by atoms with van der Waals surface area (Å²) in [6.07, 6.45) is -1.25. The quantitative estimate of drug-likeness (QED) is 0.236. The highest BCUT2D eigenvalue weighted by Crippen LogP contribution is 2.34. The summed E-state index contributed by atoms with van der Waals surface area (Å²) in [6, 6.07) is 3.06. The van der Waals surface area contributed by atoms with Crippen molar-refractivity contribution >= 4 is 29.6 Å².